The number of carbonyl (C=O) groups is 1. The number of aryl methyl sites for hydroxylation is 1. The molecule has 0 fully saturated rings. The third-order valence-corrected chi connectivity index (χ3v) is 4.07. The Balaban J connectivity index is 0.00000392. The number of rotatable bonds is 7. The molecule has 0 aliphatic carbocycles. The number of esters is 1. The van der Waals surface area contributed by atoms with Crippen molar-refractivity contribution in [3.63, 3.8) is 0 Å². The van der Waals surface area contributed by atoms with Gasteiger partial charge in [-0.05, 0) is 31.5 Å². The van der Waals surface area contributed by atoms with E-state index in [0.717, 1.165) is 11.1 Å². The van der Waals surface area contributed by atoms with Crippen LogP contribution in [0.3, 0.4) is 0 Å². The molecule has 0 aliphatic rings. The van der Waals surface area contributed by atoms with Crippen LogP contribution in [0.5, 0.6) is 0 Å². The van der Waals surface area contributed by atoms with Crippen molar-refractivity contribution in [2.45, 2.75) is 26.0 Å². The zero-order chi connectivity index (χ0) is 19.9. The highest BCUT2D eigenvalue weighted by atomic mass is 127. The van der Waals surface area contributed by atoms with Crippen LogP contribution < -0.4 is 10.6 Å². The van der Waals surface area contributed by atoms with Crippen molar-refractivity contribution >= 4 is 35.9 Å². The van der Waals surface area contributed by atoms with Gasteiger partial charge in [0.15, 0.2) is 5.96 Å². The molecule has 9 heteroatoms. The van der Waals surface area contributed by atoms with E-state index < -0.39 is 5.60 Å². The second-order valence-corrected chi connectivity index (χ2v) is 6.41. The van der Waals surface area contributed by atoms with E-state index in [2.05, 4.69) is 20.7 Å². The van der Waals surface area contributed by atoms with Crippen molar-refractivity contribution in [1.82, 2.24) is 20.4 Å². The van der Waals surface area contributed by atoms with Crippen LogP contribution in [-0.4, -0.2) is 47.0 Å². The highest BCUT2D eigenvalue weighted by molar-refractivity contribution is 14.0. The Bertz CT molecular complexity index is 787. The van der Waals surface area contributed by atoms with Gasteiger partial charge in [0.25, 0.3) is 0 Å². The predicted octanol–water partition coefficient (Wildman–Crippen LogP) is 1.79. The Kier molecular flexibility index (Phi) is 9.39. The van der Waals surface area contributed by atoms with Crippen molar-refractivity contribution in [2.75, 3.05) is 20.2 Å². The molecule has 2 rings (SSSR count). The molecule has 1 atom stereocenters. The maximum Gasteiger partial charge on any atom is 0.337 e. The lowest BCUT2D eigenvalue weighted by Gasteiger charge is -2.23. The highest BCUT2D eigenvalue weighted by Crippen LogP contribution is 2.18. The molecule has 28 heavy (non-hydrogen) atoms. The molecule has 8 nitrogen and oxygen atoms in total. The highest BCUT2D eigenvalue weighted by Gasteiger charge is 2.24. The van der Waals surface area contributed by atoms with Crippen molar-refractivity contribution in [3.8, 4) is 0 Å². The number of hydrogen-bond acceptors (Lipinski definition) is 5. The van der Waals surface area contributed by atoms with E-state index in [0.29, 0.717) is 24.6 Å². The lowest BCUT2D eigenvalue weighted by atomic mass is 10.00. The van der Waals surface area contributed by atoms with Crippen LogP contribution in [0.15, 0.2) is 41.7 Å². The van der Waals surface area contributed by atoms with Crippen LogP contribution in [0.4, 0.5) is 0 Å². The molecule has 0 spiro atoms. The summed E-state index contributed by atoms with van der Waals surface area (Å²) in [6, 6.07) is 7.10. The zero-order valence-corrected chi connectivity index (χ0v) is 18.9. The number of carbonyl (C=O) groups excluding carboxylic acids is 1. The van der Waals surface area contributed by atoms with Crippen molar-refractivity contribution < 1.29 is 14.6 Å². The summed E-state index contributed by atoms with van der Waals surface area (Å²) in [6.45, 7) is 5.12. The Hall–Kier alpha value is -2.14. The fourth-order valence-corrected chi connectivity index (χ4v) is 2.43. The van der Waals surface area contributed by atoms with Crippen molar-refractivity contribution in [3.05, 3.63) is 53.3 Å². The molecule has 0 saturated carbocycles. The van der Waals surface area contributed by atoms with Crippen molar-refractivity contribution in [2.24, 2.45) is 12.0 Å². The van der Waals surface area contributed by atoms with Crippen LogP contribution >= 0.6 is 24.0 Å². The van der Waals surface area contributed by atoms with Gasteiger partial charge in [0.1, 0.15) is 5.60 Å². The van der Waals surface area contributed by atoms with E-state index in [1.54, 1.807) is 36.1 Å². The third-order valence-electron chi connectivity index (χ3n) is 4.07. The fourth-order valence-electron chi connectivity index (χ4n) is 2.43. The summed E-state index contributed by atoms with van der Waals surface area (Å²) in [5.74, 6) is 0.233. The SMILES string of the molecule is CCNC(=NCc1ccc(C(=O)OC)cc1)NCC(C)(O)c1cnn(C)c1.I. The fraction of sp³-hybridized carbons (Fsp3) is 0.421. The smallest absolute Gasteiger partial charge is 0.337 e. The number of hydrogen-bond donors (Lipinski definition) is 3. The normalized spacial score (nSPS) is 13.2. The molecule has 0 amide bonds. The topological polar surface area (TPSA) is 101 Å². The van der Waals surface area contributed by atoms with Crippen LogP contribution in [0, 0.1) is 0 Å². The van der Waals surface area contributed by atoms with E-state index in [1.165, 1.54) is 7.11 Å². The number of aliphatic imine (C=N–C) groups is 1. The number of benzene rings is 1. The van der Waals surface area contributed by atoms with E-state index in [1.807, 2.05) is 26.1 Å². The number of methoxy groups -OCH3 is 1. The second-order valence-electron chi connectivity index (χ2n) is 6.41. The summed E-state index contributed by atoms with van der Waals surface area (Å²) in [5.41, 5.74) is 1.11. The molecular weight excluding hydrogens is 473 g/mol. The molecule has 1 unspecified atom stereocenters. The van der Waals surface area contributed by atoms with Gasteiger partial charge >= 0.3 is 5.97 Å². The maximum absolute atomic E-state index is 11.5. The molecule has 1 aromatic carbocycles. The van der Waals surface area contributed by atoms with Gasteiger partial charge in [-0.15, -0.1) is 24.0 Å². The first kappa shape index (κ1) is 23.9. The first-order valence-electron chi connectivity index (χ1n) is 8.76. The molecule has 1 aromatic heterocycles. The number of aliphatic hydroxyl groups is 1. The molecule has 2 aromatic rings. The Morgan fingerprint density at radius 3 is 2.54 bits per heavy atom. The first-order chi connectivity index (χ1) is 12.9. The number of aromatic nitrogens is 2. The number of nitrogens with one attached hydrogen (secondary N) is 2. The minimum atomic E-state index is -1.08. The molecule has 0 bridgehead atoms. The Labute approximate surface area is 182 Å². The van der Waals surface area contributed by atoms with Crippen LogP contribution in [0.25, 0.3) is 0 Å². The maximum atomic E-state index is 11.5. The first-order valence-corrected chi connectivity index (χ1v) is 8.76. The number of guanidine groups is 1. The van der Waals surface area contributed by atoms with Crippen LogP contribution in [0.1, 0.15) is 35.3 Å². The molecule has 154 valence electrons. The quantitative estimate of drug-likeness (QED) is 0.232. The van der Waals surface area contributed by atoms with Gasteiger partial charge in [0.05, 0.1) is 32.0 Å². The zero-order valence-electron chi connectivity index (χ0n) is 16.6. The van der Waals surface area contributed by atoms with Gasteiger partial charge in [-0.3, -0.25) is 4.68 Å². The molecule has 3 N–H and O–H groups in total. The Morgan fingerprint density at radius 1 is 1.32 bits per heavy atom. The van der Waals surface area contributed by atoms with Gasteiger partial charge in [-0.25, -0.2) is 9.79 Å². The van der Waals surface area contributed by atoms with Crippen LogP contribution in [0.2, 0.25) is 0 Å². The van der Waals surface area contributed by atoms with Crippen molar-refractivity contribution in [1.29, 1.82) is 0 Å². The Morgan fingerprint density at radius 2 is 2.00 bits per heavy atom. The number of halogens is 1. The summed E-state index contributed by atoms with van der Waals surface area (Å²) >= 11 is 0. The lowest BCUT2D eigenvalue weighted by molar-refractivity contribution is 0.0599. The molecule has 1 heterocycles. The molecule has 0 aliphatic heterocycles. The van der Waals surface area contributed by atoms with Gasteiger partial charge in [0, 0.05) is 25.4 Å². The van der Waals surface area contributed by atoms with Crippen LogP contribution in [-0.2, 0) is 23.9 Å². The van der Waals surface area contributed by atoms with E-state index in [-0.39, 0.29) is 36.5 Å². The molecule has 0 saturated heterocycles. The summed E-state index contributed by atoms with van der Waals surface area (Å²) in [7, 11) is 3.17. The minimum absolute atomic E-state index is 0. The average molecular weight is 501 g/mol. The summed E-state index contributed by atoms with van der Waals surface area (Å²) in [5, 5.41) is 21.1. The third kappa shape index (κ3) is 6.79. The monoisotopic (exact) mass is 501 g/mol. The van der Waals surface area contributed by atoms with Gasteiger partial charge in [-0.2, -0.15) is 5.10 Å². The second kappa shape index (κ2) is 11.0. The predicted molar refractivity (Wildman–Crippen MR) is 119 cm³/mol. The van der Waals surface area contributed by atoms with E-state index in [4.69, 9.17) is 4.74 Å². The largest absolute Gasteiger partial charge is 0.465 e. The molecule has 0 radical (unpaired) electrons. The summed E-state index contributed by atoms with van der Waals surface area (Å²) in [4.78, 5) is 16.0. The van der Waals surface area contributed by atoms with Gasteiger partial charge in [0.2, 0.25) is 0 Å². The average Bonchev–Trinajstić information content (AvgIpc) is 3.11. The summed E-state index contributed by atoms with van der Waals surface area (Å²) < 4.78 is 6.35. The minimum Gasteiger partial charge on any atom is -0.465 e. The van der Waals surface area contributed by atoms with E-state index >= 15 is 0 Å². The molecular formula is C19H28IN5O3. The lowest BCUT2D eigenvalue weighted by Crippen LogP contribution is -2.44. The standard InChI is InChI=1S/C19H27N5O3.HI/c1-5-20-18(22-13-19(2,26)16-11-23-24(3)12-16)21-10-14-6-8-15(9-7-14)17(25)27-4;/h6-9,11-12,26H,5,10,13H2,1-4H3,(H2,20,21,22);1H. The van der Waals surface area contributed by atoms with Gasteiger partial charge < -0.3 is 20.5 Å². The summed E-state index contributed by atoms with van der Waals surface area (Å²) in [6.07, 6.45) is 3.43. The van der Waals surface area contributed by atoms with E-state index in [9.17, 15) is 9.90 Å². The van der Waals surface area contributed by atoms with Gasteiger partial charge in [-0.1, -0.05) is 12.1 Å². The number of ether oxygens (including phenoxy) is 1. The number of nitrogens with zero attached hydrogens (tertiary/aromatic N) is 3.